The summed E-state index contributed by atoms with van der Waals surface area (Å²) in [6.45, 7) is 2.51. The summed E-state index contributed by atoms with van der Waals surface area (Å²) in [4.78, 5) is 16.0. The highest BCUT2D eigenvalue weighted by atomic mass is 19.4. The lowest BCUT2D eigenvalue weighted by Gasteiger charge is -2.12. The Balaban J connectivity index is 1.61. The number of fused-ring (bicyclic) bond motifs is 1. The standard InChI is InChI=1S/C23H22F3N5O2/c1-11-18(12(2)33-29-11)15-7-8-16-17(9-15)31(22(32)27-16)21-19(13-3-4-13)28-30(10-23(24,25)26)20(21)14-5-6-14/h7-9,13-14H,3-6,10H2,1-2H3,(H,27,32). The lowest BCUT2D eigenvalue weighted by Crippen LogP contribution is -2.21. The van der Waals surface area contributed by atoms with Crippen molar-refractivity contribution < 1.29 is 17.7 Å². The number of rotatable bonds is 5. The average molecular weight is 457 g/mol. The van der Waals surface area contributed by atoms with Crippen LogP contribution in [0.1, 0.15) is 60.4 Å². The first-order valence-corrected chi connectivity index (χ1v) is 11.1. The van der Waals surface area contributed by atoms with Crippen molar-refractivity contribution in [2.75, 3.05) is 0 Å². The fourth-order valence-corrected chi connectivity index (χ4v) is 4.77. The Morgan fingerprint density at radius 1 is 1.15 bits per heavy atom. The molecule has 10 heteroatoms. The average Bonchev–Trinajstić information content (AvgIpc) is 3.65. The minimum Gasteiger partial charge on any atom is -0.361 e. The van der Waals surface area contributed by atoms with E-state index in [1.54, 1.807) is 0 Å². The van der Waals surface area contributed by atoms with Crippen LogP contribution in [0.5, 0.6) is 0 Å². The van der Waals surface area contributed by atoms with Gasteiger partial charge in [0.15, 0.2) is 0 Å². The SMILES string of the molecule is Cc1noc(C)c1-c1ccc2[nH]c(=O)n(-c3c(C4CC4)nn(CC(F)(F)F)c3C3CC3)c2c1. The summed E-state index contributed by atoms with van der Waals surface area (Å²) in [5.74, 6) is 0.714. The van der Waals surface area contributed by atoms with Gasteiger partial charge in [-0.25, -0.2) is 4.79 Å². The van der Waals surface area contributed by atoms with Gasteiger partial charge < -0.3 is 9.51 Å². The van der Waals surface area contributed by atoms with E-state index in [4.69, 9.17) is 4.52 Å². The molecule has 0 radical (unpaired) electrons. The molecule has 172 valence electrons. The van der Waals surface area contributed by atoms with Crippen molar-refractivity contribution in [1.29, 1.82) is 0 Å². The van der Waals surface area contributed by atoms with E-state index in [2.05, 4.69) is 15.2 Å². The number of hydrogen-bond acceptors (Lipinski definition) is 4. The number of halogens is 3. The third-order valence-electron chi connectivity index (χ3n) is 6.48. The molecule has 0 aliphatic heterocycles. The molecule has 7 nitrogen and oxygen atoms in total. The molecule has 0 saturated heterocycles. The van der Waals surface area contributed by atoms with Crippen LogP contribution in [-0.4, -0.2) is 30.7 Å². The number of nitrogens with one attached hydrogen (secondary N) is 1. The van der Waals surface area contributed by atoms with E-state index in [1.807, 2.05) is 32.0 Å². The summed E-state index contributed by atoms with van der Waals surface area (Å²) in [7, 11) is 0. The van der Waals surface area contributed by atoms with Crippen molar-refractivity contribution in [3.8, 4) is 16.8 Å². The van der Waals surface area contributed by atoms with Crippen molar-refractivity contribution in [3.63, 3.8) is 0 Å². The Bertz CT molecular complexity index is 1430. The van der Waals surface area contributed by atoms with Crippen LogP contribution in [0.25, 0.3) is 27.8 Å². The number of imidazole rings is 1. The smallest absolute Gasteiger partial charge is 0.361 e. The van der Waals surface area contributed by atoms with E-state index in [1.165, 1.54) is 4.57 Å². The first-order chi connectivity index (χ1) is 15.7. The van der Waals surface area contributed by atoms with Gasteiger partial charge in [-0.1, -0.05) is 11.2 Å². The van der Waals surface area contributed by atoms with Crippen LogP contribution in [-0.2, 0) is 6.54 Å². The maximum absolute atomic E-state index is 13.4. The monoisotopic (exact) mass is 457 g/mol. The van der Waals surface area contributed by atoms with Gasteiger partial charge in [0.05, 0.1) is 33.8 Å². The molecule has 0 unspecified atom stereocenters. The van der Waals surface area contributed by atoms with E-state index in [-0.39, 0.29) is 17.5 Å². The summed E-state index contributed by atoms with van der Waals surface area (Å²) in [6.07, 6.45) is -1.08. The second-order valence-corrected chi connectivity index (χ2v) is 9.14. The molecule has 2 saturated carbocycles. The molecule has 0 amide bonds. The molecule has 1 aromatic carbocycles. The van der Waals surface area contributed by atoms with Crippen molar-refractivity contribution in [3.05, 3.63) is 51.5 Å². The summed E-state index contributed by atoms with van der Waals surface area (Å²) >= 11 is 0. The molecule has 2 fully saturated rings. The number of aromatic amines is 1. The quantitative estimate of drug-likeness (QED) is 0.452. The highest BCUT2D eigenvalue weighted by molar-refractivity contribution is 5.85. The largest absolute Gasteiger partial charge is 0.408 e. The van der Waals surface area contributed by atoms with Gasteiger partial charge in [0.2, 0.25) is 0 Å². The number of hydrogen-bond donors (Lipinski definition) is 1. The first-order valence-electron chi connectivity index (χ1n) is 11.1. The van der Waals surface area contributed by atoms with Gasteiger partial charge in [-0.15, -0.1) is 0 Å². The minimum atomic E-state index is -4.39. The van der Waals surface area contributed by atoms with Gasteiger partial charge in [0.25, 0.3) is 0 Å². The fraction of sp³-hybridized carbons (Fsp3) is 0.435. The molecule has 3 heterocycles. The Labute approximate surface area is 186 Å². The summed E-state index contributed by atoms with van der Waals surface area (Å²) < 4.78 is 48.0. The summed E-state index contributed by atoms with van der Waals surface area (Å²) in [6, 6.07) is 5.56. The lowest BCUT2D eigenvalue weighted by atomic mass is 10.0. The maximum atomic E-state index is 13.4. The predicted molar refractivity (Wildman–Crippen MR) is 115 cm³/mol. The van der Waals surface area contributed by atoms with E-state index < -0.39 is 12.7 Å². The van der Waals surface area contributed by atoms with Crippen LogP contribution in [0.4, 0.5) is 13.2 Å². The first kappa shape index (κ1) is 20.3. The highest BCUT2D eigenvalue weighted by Crippen LogP contribution is 2.49. The molecular weight excluding hydrogens is 435 g/mol. The molecule has 0 spiro atoms. The number of benzene rings is 1. The van der Waals surface area contributed by atoms with Gasteiger partial charge in [0.1, 0.15) is 12.3 Å². The van der Waals surface area contributed by atoms with Crippen molar-refractivity contribution >= 4 is 11.0 Å². The molecule has 1 N–H and O–H groups in total. The Kier molecular flexibility index (Phi) is 4.22. The van der Waals surface area contributed by atoms with Crippen LogP contribution in [0, 0.1) is 13.8 Å². The van der Waals surface area contributed by atoms with Gasteiger partial charge in [0, 0.05) is 17.4 Å². The van der Waals surface area contributed by atoms with Crippen molar-refractivity contribution in [1.82, 2.24) is 24.5 Å². The van der Waals surface area contributed by atoms with Crippen molar-refractivity contribution in [2.24, 2.45) is 0 Å². The zero-order valence-electron chi connectivity index (χ0n) is 18.2. The minimum absolute atomic E-state index is 0.0232. The Morgan fingerprint density at radius 2 is 1.88 bits per heavy atom. The Hall–Kier alpha value is -3.30. The number of aryl methyl sites for hydroxylation is 2. The van der Waals surface area contributed by atoms with Crippen LogP contribution in [0.3, 0.4) is 0 Å². The predicted octanol–water partition coefficient (Wildman–Crippen LogP) is 5.10. The maximum Gasteiger partial charge on any atom is 0.408 e. The van der Waals surface area contributed by atoms with Crippen LogP contribution in [0.15, 0.2) is 27.5 Å². The summed E-state index contributed by atoms with van der Waals surface area (Å²) in [5.41, 5.74) is 4.87. The second kappa shape index (κ2) is 6.85. The van der Waals surface area contributed by atoms with Gasteiger partial charge in [-0.2, -0.15) is 18.3 Å². The molecule has 2 aliphatic rings. The third kappa shape index (κ3) is 3.39. The molecule has 0 atom stereocenters. The van der Waals surface area contributed by atoms with Gasteiger partial charge >= 0.3 is 11.9 Å². The Morgan fingerprint density at radius 3 is 2.48 bits per heavy atom. The van der Waals surface area contributed by atoms with Gasteiger partial charge in [-0.3, -0.25) is 9.25 Å². The summed E-state index contributed by atoms with van der Waals surface area (Å²) in [5, 5.41) is 8.44. The number of nitrogens with zero attached hydrogens (tertiary/aromatic N) is 4. The van der Waals surface area contributed by atoms with Crippen LogP contribution in [0.2, 0.25) is 0 Å². The van der Waals surface area contributed by atoms with Crippen LogP contribution < -0.4 is 5.69 Å². The molecule has 3 aromatic heterocycles. The molecule has 0 bridgehead atoms. The van der Waals surface area contributed by atoms with E-state index >= 15 is 0 Å². The fourth-order valence-electron chi connectivity index (χ4n) is 4.77. The van der Waals surface area contributed by atoms with E-state index in [0.29, 0.717) is 33.9 Å². The molecular formula is C23H22F3N5O2. The molecule has 4 aromatic rings. The van der Waals surface area contributed by atoms with Crippen LogP contribution >= 0.6 is 0 Å². The number of aromatic nitrogens is 5. The third-order valence-corrected chi connectivity index (χ3v) is 6.48. The number of H-pyrrole nitrogens is 1. The topological polar surface area (TPSA) is 81.6 Å². The zero-order valence-corrected chi connectivity index (χ0v) is 18.2. The van der Waals surface area contributed by atoms with E-state index in [0.717, 1.165) is 47.2 Å². The van der Waals surface area contributed by atoms with Crippen molar-refractivity contribution in [2.45, 2.75) is 64.1 Å². The second-order valence-electron chi connectivity index (χ2n) is 9.14. The zero-order chi connectivity index (χ0) is 23.1. The molecule has 6 rings (SSSR count). The van der Waals surface area contributed by atoms with Gasteiger partial charge in [-0.05, 0) is 57.2 Å². The lowest BCUT2D eigenvalue weighted by molar-refractivity contribution is -0.143. The highest BCUT2D eigenvalue weighted by Gasteiger charge is 2.41. The van der Waals surface area contributed by atoms with E-state index in [9.17, 15) is 18.0 Å². The molecule has 33 heavy (non-hydrogen) atoms. The molecule has 2 aliphatic carbocycles. The number of alkyl halides is 3. The normalized spacial score (nSPS) is 16.8.